The number of likely N-dealkylation sites (tertiary alicyclic amines) is 1. The van der Waals surface area contributed by atoms with E-state index in [1.807, 2.05) is 49.1 Å². The molecule has 3 N–H and O–H groups in total. The molecule has 0 radical (unpaired) electrons. The van der Waals surface area contributed by atoms with Crippen molar-refractivity contribution in [3.8, 4) is 0 Å². The van der Waals surface area contributed by atoms with Gasteiger partial charge in [0.1, 0.15) is 0 Å². The molecule has 0 aromatic heterocycles. The van der Waals surface area contributed by atoms with Crippen LogP contribution in [0.5, 0.6) is 0 Å². The predicted molar refractivity (Wildman–Crippen MR) is 128 cm³/mol. The summed E-state index contributed by atoms with van der Waals surface area (Å²) in [4.78, 5) is 38.3. The highest BCUT2D eigenvalue weighted by Gasteiger charge is 2.19. The first-order chi connectivity index (χ1) is 15.9. The molecule has 1 heterocycles. The monoisotopic (exact) mass is 452 g/mol. The molecule has 1 fully saturated rings. The minimum atomic E-state index is -0.508. The topological polar surface area (TPSA) is 99.8 Å². The first-order valence-electron chi connectivity index (χ1n) is 11.3. The van der Waals surface area contributed by atoms with Crippen LogP contribution in [0, 0.1) is 5.92 Å². The normalized spacial score (nSPS) is 13.0. The lowest BCUT2D eigenvalue weighted by atomic mass is 10.1. The molecule has 0 saturated carbocycles. The van der Waals surface area contributed by atoms with Crippen LogP contribution in [0.2, 0.25) is 0 Å². The Morgan fingerprint density at radius 3 is 2.39 bits per heavy atom. The second-order valence-corrected chi connectivity index (χ2v) is 8.52. The number of rotatable bonds is 9. The molecule has 1 aliphatic heterocycles. The summed E-state index contributed by atoms with van der Waals surface area (Å²) in [6.45, 7) is 6.40. The summed E-state index contributed by atoms with van der Waals surface area (Å²) >= 11 is 0. The van der Waals surface area contributed by atoms with Crippen molar-refractivity contribution in [2.45, 2.75) is 33.2 Å². The van der Waals surface area contributed by atoms with Crippen LogP contribution in [0.1, 0.15) is 42.6 Å². The molecule has 0 bridgehead atoms. The van der Waals surface area contributed by atoms with Crippen LogP contribution in [0.3, 0.4) is 0 Å². The van der Waals surface area contributed by atoms with Gasteiger partial charge in [0, 0.05) is 36.6 Å². The van der Waals surface area contributed by atoms with Crippen LogP contribution >= 0.6 is 0 Å². The molecule has 1 aliphatic rings. The van der Waals surface area contributed by atoms with E-state index in [-0.39, 0.29) is 24.3 Å². The molecule has 1 saturated heterocycles. The van der Waals surface area contributed by atoms with Gasteiger partial charge < -0.3 is 20.3 Å². The van der Waals surface area contributed by atoms with Gasteiger partial charge in [-0.3, -0.25) is 14.9 Å². The molecule has 0 atom stereocenters. The van der Waals surface area contributed by atoms with Gasteiger partial charge in [-0.2, -0.15) is 0 Å². The number of hydrogen-bond donors (Lipinski definition) is 3. The third kappa shape index (κ3) is 7.82. The second kappa shape index (κ2) is 11.9. The van der Waals surface area contributed by atoms with E-state index in [0.717, 1.165) is 31.5 Å². The zero-order valence-electron chi connectivity index (χ0n) is 19.2. The Morgan fingerprint density at radius 2 is 1.70 bits per heavy atom. The molecule has 176 valence electrons. The minimum Gasteiger partial charge on any atom is -0.449 e. The van der Waals surface area contributed by atoms with Crippen molar-refractivity contribution < 1.29 is 19.1 Å². The Bertz CT molecular complexity index is 953. The zero-order valence-corrected chi connectivity index (χ0v) is 19.2. The summed E-state index contributed by atoms with van der Waals surface area (Å²) in [7, 11) is 0. The fraction of sp³-hybridized carbons (Fsp3) is 0.400. The fourth-order valence-electron chi connectivity index (χ4n) is 3.42. The number of ether oxygens (including phenoxy) is 1. The summed E-state index contributed by atoms with van der Waals surface area (Å²) in [6, 6.07) is 14.4. The van der Waals surface area contributed by atoms with Crippen LogP contribution in [-0.4, -0.2) is 49.0 Å². The van der Waals surface area contributed by atoms with E-state index in [0.29, 0.717) is 30.1 Å². The number of amides is 3. The van der Waals surface area contributed by atoms with Crippen LogP contribution < -0.4 is 16.0 Å². The van der Waals surface area contributed by atoms with Gasteiger partial charge in [0.05, 0.1) is 13.2 Å². The maximum Gasteiger partial charge on any atom is 0.411 e. The SMILES string of the molecule is CC(C)COC(=O)Nc1cccc(NCC(=O)NCc2ccc(C(=O)N3CCCC3)cc2)c1. The largest absolute Gasteiger partial charge is 0.449 e. The summed E-state index contributed by atoms with van der Waals surface area (Å²) in [5.74, 6) is 0.164. The minimum absolute atomic E-state index is 0.0668. The number of anilines is 2. The Kier molecular flexibility index (Phi) is 8.69. The summed E-state index contributed by atoms with van der Waals surface area (Å²) in [5.41, 5.74) is 2.89. The first-order valence-corrected chi connectivity index (χ1v) is 11.3. The van der Waals surface area contributed by atoms with E-state index in [2.05, 4.69) is 16.0 Å². The molecule has 3 rings (SSSR count). The highest BCUT2D eigenvalue weighted by Crippen LogP contribution is 2.16. The van der Waals surface area contributed by atoms with Crippen molar-refractivity contribution >= 4 is 29.3 Å². The average Bonchev–Trinajstić information content (AvgIpc) is 3.35. The lowest BCUT2D eigenvalue weighted by Gasteiger charge is -2.15. The Hall–Kier alpha value is -3.55. The maximum atomic E-state index is 12.4. The molecular weight excluding hydrogens is 420 g/mol. The molecule has 0 spiro atoms. The standard InChI is InChI=1S/C25H32N4O4/c1-18(2)17-33-25(32)28-22-7-5-6-21(14-22)26-16-23(30)27-15-19-8-10-20(11-9-19)24(31)29-12-3-4-13-29/h5-11,14,18,26H,3-4,12-13,15-17H2,1-2H3,(H,27,30)(H,28,32). The van der Waals surface area contributed by atoms with Crippen molar-refractivity contribution in [2.24, 2.45) is 5.92 Å². The second-order valence-electron chi connectivity index (χ2n) is 8.52. The highest BCUT2D eigenvalue weighted by atomic mass is 16.5. The van der Waals surface area contributed by atoms with E-state index in [9.17, 15) is 14.4 Å². The quantitative estimate of drug-likeness (QED) is 0.537. The number of nitrogens with one attached hydrogen (secondary N) is 3. The van der Waals surface area contributed by atoms with Gasteiger partial charge in [-0.1, -0.05) is 32.0 Å². The number of nitrogens with zero attached hydrogens (tertiary/aromatic N) is 1. The highest BCUT2D eigenvalue weighted by molar-refractivity contribution is 5.94. The van der Waals surface area contributed by atoms with E-state index in [1.54, 1.807) is 18.2 Å². The average molecular weight is 453 g/mol. The van der Waals surface area contributed by atoms with Crippen molar-refractivity contribution in [3.05, 3.63) is 59.7 Å². The van der Waals surface area contributed by atoms with Crippen molar-refractivity contribution in [1.29, 1.82) is 0 Å². The van der Waals surface area contributed by atoms with Gasteiger partial charge >= 0.3 is 6.09 Å². The number of carbonyl (C=O) groups is 3. The molecule has 3 amide bonds. The lowest BCUT2D eigenvalue weighted by molar-refractivity contribution is -0.119. The lowest BCUT2D eigenvalue weighted by Crippen LogP contribution is -2.29. The van der Waals surface area contributed by atoms with E-state index < -0.39 is 6.09 Å². The van der Waals surface area contributed by atoms with Crippen LogP contribution in [0.15, 0.2) is 48.5 Å². The van der Waals surface area contributed by atoms with Gasteiger partial charge in [-0.25, -0.2) is 4.79 Å². The number of carbonyl (C=O) groups excluding carboxylic acids is 3. The molecule has 33 heavy (non-hydrogen) atoms. The van der Waals surface area contributed by atoms with E-state index in [1.165, 1.54) is 0 Å². The number of hydrogen-bond acceptors (Lipinski definition) is 5. The van der Waals surface area contributed by atoms with Crippen molar-refractivity contribution in [2.75, 3.05) is 36.9 Å². The van der Waals surface area contributed by atoms with Crippen LogP contribution in [0.25, 0.3) is 0 Å². The molecule has 8 heteroatoms. The van der Waals surface area contributed by atoms with Crippen LogP contribution in [-0.2, 0) is 16.1 Å². The molecule has 8 nitrogen and oxygen atoms in total. The van der Waals surface area contributed by atoms with Gasteiger partial charge in [-0.15, -0.1) is 0 Å². The molecule has 0 aliphatic carbocycles. The summed E-state index contributed by atoms with van der Waals surface area (Å²) < 4.78 is 5.11. The zero-order chi connectivity index (χ0) is 23.6. The summed E-state index contributed by atoms with van der Waals surface area (Å²) in [6.07, 6.45) is 1.62. The Labute approximate surface area is 194 Å². The van der Waals surface area contributed by atoms with Crippen LogP contribution in [0.4, 0.5) is 16.2 Å². The molecule has 2 aromatic rings. The molecule has 2 aromatic carbocycles. The molecular formula is C25H32N4O4. The smallest absolute Gasteiger partial charge is 0.411 e. The predicted octanol–water partition coefficient (Wildman–Crippen LogP) is 3.86. The van der Waals surface area contributed by atoms with Gasteiger partial charge in [0.2, 0.25) is 5.91 Å². The summed E-state index contributed by atoms with van der Waals surface area (Å²) in [5, 5.41) is 8.58. The maximum absolute atomic E-state index is 12.4. The fourth-order valence-corrected chi connectivity index (χ4v) is 3.42. The third-order valence-electron chi connectivity index (χ3n) is 5.19. The first kappa shape index (κ1) is 24.1. The van der Waals surface area contributed by atoms with Gasteiger partial charge in [0.15, 0.2) is 0 Å². The molecule has 0 unspecified atom stereocenters. The third-order valence-corrected chi connectivity index (χ3v) is 5.19. The number of benzene rings is 2. The van der Waals surface area contributed by atoms with E-state index >= 15 is 0 Å². The van der Waals surface area contributed by atoms with Gasteiger partial charge in [0.25, 0.3) is 5.91 Å². The van der Waals surface area contributed by atoms with Gasteiger partial charge in [-0.05, 0) is 54.7 Å². The Balaban J connectivity index is 1.41. The Morgan fingerprint density at radius 1 is 1.00 bits per heavy atom. The van der Waals surface area contributed by atoms with Crippen molar-refractivity contribution in [3.63, 3.8) is 0 Å². The van der Waals surface area contributed by atoms with E-state index in [4.69, 9.17) is 4.74 Å². The van der Waals surface area contributed by atoms with Crippen molar-refractivity contribution in [1.82, 2.24) is 10.2 Å².